The van der Waals surface area contributed by atoms with Crippen molar-refractivity contribution < 1.29 is 0 Å². The molecule has 2 aliphatic rings. The van der Waals surface area contributed by atoms with Gasteiger partial charge in [-0.15, -0.1) is 0 Å². The van der Waals surface area contributed by atoms with Crippen LogP contribution in [0.3, 0.4) is 0 Å². The number of hydrogen-bond donors (Lipinski definition) is 1. The molecule has 0 saturated carbocycles. The molecule has 0 amide bonds. The number of pyridine rings is 1. The van der Waals surface area contributed by atoms with E-state index in [-0.39, 0.29) is 0 Å². The first kappa shape index (κ1) is 13.2. The maximum absolute atomic E-state index is 4.84. The van der Waals surface area contributed by atoms with Crippen molar-refractivity contribution in [2.45, 2.75) is 44.3 Å². The molecule has 21 heavy (non-hydrogen) atoms. The van der Waals surface area contributed by atoms with Gasteiger partial charge in [0.1, 0.15) is 0 Å². The minimum absolute atomic E-state index is 0.702. The quantitative estimate of drug-likeness (QED) is 0.937. The Bertz CT molecular complexity index is 619. The zero-order valence-electron chi connectivity index (χ0n) is 12.5. The molecule has 1 aromatic carbocycles. The van der Waals surface area contributed by atoms with Gasteiger partial charge in [-0.05, 0) is 50.9 Å². The predicted octanol–water partition coefficient (Wildman–Crippen LogP) is 2.95. The lowest BCUT2D eigenvalue weighted by Gasteiger charge is -2.29. The number of para-hydroxylation sites is 1. The molecule has 2 atom stereocenters. The van der Waals surface area contributed by atoms with Crippen LogP contribution in [0.2, 0.25) is 0 Å². The van der Waals surface area contributed by atoms with Crippen LogP contribution in [0.1, 0.15) is 31.4 Å². The third kappa shape index (κ3) is 2.68. The number of nitrogens with one attached hydrogen (secondary N) is 1. The van der Waals surface area contributed by atoms with Gasteiger partial charge >= 0.3 is 0 Å². The number of fused-ring (bicyclic) bond motifs is 1. The van der Waals surface area contributed by atoms with E-state index in [1.165, 1.54) is 49.9 Å². The second kappa shape index (κ2) is 5.74. The molecule has 2 fully saturated rings. The summed E-state index contributed by atoms with van der Waals surface area (Å²) < 4.78 is 0. The van der Waals surface area contributed by atoms with Gasteiger partial charge in [-0.2, -0.15) is 0 Å². The standard InChI is InChI=1S/C18H23N3/c1-2-6-16-14(5-1)9-10-15(20-16)13-21-12-4-8-18(21)17-7-3-11-19-17/h1-2,5-6,9-10,17-19H,3-4,7-8,11-13H2. The summed E-state index contributed by atoms with van der Waals surface area (Å²) in [6.07, 6.45) is 5.34. The van der Waals surface area contributed by atoms with Crippen LogP contribution in [0.15, 0.2) is 36.4 Å². The highest BCUT2D eigenvalue weighted by atomic mass is 15.2. The molecule has 0 spiro atoms. The van der Waals surface area contributed by atoms with E-state index in [9.17, 15) is 0 Å². The van der Waals surface area contributed by atoms with Gasteiger partial charge in [-0.25, -0.2) is 0 Å². The van der Waals surface area contributed by atoms with Crippen molar-refractivity contribution in [1.29, 1.82) is 0 Å². The molecule has 2 unspecified atom stereocenters. The second-order valence-corrected chi connectivity index (χ2v) is 6.38. The molecule has 0 radical (unpaired) electrons. The third-order valence-electron chi connectivity index (χ3n) is 5.00. The van der Waals surface area contributed by atoms with Gasteiger partial charge in [0.15, 0.2) is 0 Å². The van der Waals surface area contributed by atoms with Gasteiger partial charge in [0.25, 0.3) is 0 Å². The maximum Gasteiger partial charge on any atom is 0.0705 e. The van der Waals surface area contributed by atoms with Crippen LogP contribution in [0, 0.1) is 0 Å². The number of benzene rings is 1. The van der Waals surface area contributed by atoms with E-state index < -0.39 is 0 Å². The average Bonchev–Trinajstić information content (AvgIpc) is 3.18. The molecule has 0 bridgehead atoms. The SMILES string of the molecule is c1ccc2nc(CN3CCCC3C3CCCN3)ccc2c1. The Kier molecular flexibility index (Phi) is 3.62. The predicted molar refractivity (Wildman–Crippen MR) is 86.2 cm³/mol. The Morgan fingerprint density at radius 3 is 2.95 bits per heavy atom. The van der Waals surface area contributed by atoms with Gasteiger partial charge in [-0.3, -0.25) is 9.88 Å². The molecule has 110 valence electrons. The summed E-state index contributed by atoms with van der Waals surface area (Å²) in [6, 6.07) is 14.2. The second-order valence-electron chi connectivity index (χ2n) is 6.38. The summed E-state index contributed by atoms with van der Waals surface area (Å²) in [7, 11) is 0. The van der Waals surface area contributed by atoms with Gasteiger partial charge in [-0.1, -0.05) is 24.3 Å². The van der Waals surface area contributed by atoms with Crippen LogP contribution in [0.4, 0.5) is 0 Å². The number of aromatic nitrogens is 1. The highest BCUT2D eigenvalue weighted by Gasteiger charge is 2.33. The van der Waals surface area contributed by atoms with Gasteiger partial charge in [0.2, 0.25) is 0 Å². The molecule has 2 aliphatic heterocycles. The Balaban J connectivity index is 1.53. The van der Waals surface area contributed by atoms with E-state index in [4.69, 9.17) is 4.98 Å². The normalized spacial score (nSPS) is 26.7. The molecule has 1 aromatic heterocycles. The molecule has 3 nitrogen and oxygen atoms in total. The molecule has 3 heteroatoms. The zero-order valence-corrected chi connectivity index (χ0v) is 12.5. The molecular formula is C18H23N3. The van der Waals surface area contributed by atoms with E-state index in [0.717, 1.165) is 12.1 Å². The first-order chi connectivity index (χ1) is 10.4. The van der Waals surface area contributed by atoms with Crippen molar-refractivity contribution >= 4 is 10.9 Å². The van der Waals surface area contributed by atoms with Crippen LogP contribution in [0.25, 0.3) is 10.9 Å². The largest absolute Gasteiger partial charge is 0.312 e. The summed E-state index contributed by atoms with van der Waals surface area (Å²) in [5.41, 5.74) is 2.32. The number of likely N-dealkylation sites (tertiary alicyclic amines) is 1. The van der Waals surface area contributed by atoms with Crippen LogP contribution in [0.5, 0.6) is 0 Å². The molecule has 4 rings (SSSR count). The number of nitrogens with zero attached hydrogens (tertiary/aromatic N) is 2. The molecule has 2 aromatic rings. The third-order valence-corrected chi connectivity index (χ3v) is 5.00. The fourth-order valence-corrected chi connectivity index (χ4v) is 3.95. The van der Waals surface area contributed by atoms with E-state index in [0.29, 0.717) is 12.1 Å². The fraction of sp³-hybridized carbons (Fsp3) is 0.500. The summed E-state index contributed by atoms with van der Waals surface area (Å²) in [4.78, 5) is 7.48. The highest BCUT2D eigenvalue weighted by Crippen LogP contribution is 2.26. The Morgan fingerprint density at radius 1 is 1.10 bits per heavy atom. The lowest BCUT2D eigenvalue weighted by atomic mass is 10.0. The molecule has 0 aliphatic carbocycles. The molecule has 3 heterocycles. The Morgan fingerprint density at radius 2 is 2.05 bits per heavy atom. The van der Waals surface area contributed by atoms with Gasteiger partial charge in [0.05, 0.1) is 11.2 Å². The van der Waals surface area contributed by atoms with E-state index in [1.807, 2.05) is 0 Å². The number of hydrogen-bond acceptors (Lipinski definition) is 3. The minimum Gasteiger partial charge on any atom is -0.312 e. The Hall–Kier alpha value is -1.45. The lowest BCUT2D eigenvalue weighted by molar-refractivity contribution is 0.204. The van der Waals surface area contributed by atoms with E-state index in [2.05, 4.69) is 46.6 Å². The topological polar surface area (TPSA) is 28.2 Å². The van der Waals surface area contributed by atoms with Gasteiger partial charge in [0, 0.05) is 24.0 Å². The van der Waals surface area contributed by atoms with Crippen molar-refractivity contribution in [1.82, 2.24) is 15.2 Å². The van der Waals surface area contributed by atoms with Crippen LogP contribution < -0.4 is 5.32 Å². The van der Waals surface area contributed by atoms with Crippen molar-refractivity contribution in [3.63, 3.8) is 0 Å². The summed E-state index contributed by atoms with van der Waals surface area (Å²) in [5.74, 6) is 0. The smallest absolute Gasteiger partial charge is 0.0705 e. The summed E-state index contributed by atoms with van der Waals surface area (Å²) in [6.45, 7) is 3.41. The van der Waals surface area contributed by atoms with Crippen LogP contribution in [-0.4, -0.2) is 35.1 Å². The van der Waals surface area contributed by atoms with Crippen molar-refractivity contribution in [2.24, 2.45) is 0 Å². The van der Waals surface area contributed by atoms with Gasteiger partial charge < -0.3 is 5.32 Å². The highest BCUT2D eigenvalue weighted by molar-refractivity contribution is 5.78. The van der Waals surface area contributed by atoms with Crippen molar-refractivity contribution in [3.8, 4) is 0 Å². The Labute approximate surface area is 126 Å². The number of rotatable bonds is 3. The fourth-order valence-electron chi connectivity index (χ4n) is 3.95. The first-order valence-corrected chi connectivity index (χ1v) is 8.22. The molecular weight excluding hydrogens is 258 g/mol. The monoisotopic (exact) mass is 281 g/mol. The lowest BCUT2D eigenvalue weighted by Crippen LogP contribution is -2.43. The average molecular weight is 281 g/mol. The molecule has 1 N–H and O–H groups in total. The maximum atomic E-state index is 4.84. The van der Waals surface area contributed by atoms with E-state index in [1.54, 1.807) is 0 Å². The van der Waals surface area contributed by atoms with Crippen molar-refractivity contribution in [2.75, 3.05) is 13.1 Å². The minimum atomic E-state index is 0.702. The van der Waals surface area contributed by atoms with Crippen LogP contribution in [-0.2, 0) is 6.54 Å². The van der Waals surface area contributed by atoms with Crippen molar-refractivity contribution in [3.05, 3.63) is 42.1 Å². The first-order valence-electron chi connectivity index (χ1n) is 8.22. The summed E-state index contributed by atoms with van der Waals surface area (Å²) in [5, 5.41) is 4.91. The summed E-state index contributed by atoms with van der Waals surface area (Å²) >= 11 is 0. The zero-order chi connectivity index (χ0) is 14.1. The van der Waals surface area contributed by atoms with Crippen LogP contribution >= 0.6 is 0 Å². The van der Waals surface area contributed by atoms with E-state index >= 15 is 0 Å². The molecule has 2 saturated heterocycles.